The van der Waals surface area contributed by atoms with Crippen molar-refractivity contribution in [2.24, 2.45) is 0 Å². The van der Waals surface area contributed by atoms with Crippen LogP contribution >= 0.6 is 0 Å². The van der Waals surface area contributed by atoms with E-state index in [-0.39, 0.29) is 0 Å². The molecule has 47 atom stereocenters. The summed E-state index contributed by atoms with van der Waals surface area (Å²) in [5.74, 6) is 0. The van der Waals surface area contributed by atoms with Crippen molar-refractivity contribution in [1.29, 1.82) is 0 Å². The Hall–Kier alpha value is -3.21. The molecule has 0 aliphatic rings. The van der Waals surface area contributed by atoms with Gasteiger partial charge < -0.3 is 322 Å². The molecule has 146 heavy (non-hydrogen) atoms. The summed E-state index contributed by atoms with van der Waals surface area (Å²) in [6.45, 7) is -22.2. The van der Waals surface area contributed by atoms with Crippen LogP contribution in [-0.2, 0) is 61.6 Å². The molecule has 0 spiro atoms. The number of nitrogens with one attached hydrogen (secondary N) is 1. The van der Waals surface area contributed by atoms with E-state index < -0.39 is 489 Å². The number of hydrogen-bond donors (Lipinski definition) is 51. The first-order chi connectivity index (χ1) is 67.9. The van der Waals surface area contributed by atoms with E-state index in [4.69, 9.17) is 76.9 Å². The second-order valence-electron chi connectivity index (χ2n) is 36.1. The highest BCUT2D eigenvalue weighted by Crippen LogP contribution is 2.22. The van der Waals surface area contributed by atoms with E-state index >= 15 is 0 Å². The Morgan fingerprint density at radius 3 is 0.438 bits per heavy atom. The van der Waals surface area contributed by atoms with Crippen molar-refractivity contribution < 1.29 is 322 Å². The SMILES string of the molecule is CC(C)(C)OC(=O)NC(COC[C@@H](O)[C@@H](O)[C@H](O)[C@H](O)COC[C@@H](O)[C@@H](O)[C@H](O)[C@H](O)COC[C@@H](O)C[C@H](O)[C@H](O)COC[C@@H](O)[C@@H](O)[C@H](O)[C@H](O)CO)(COC[C@@H](O)[C@@H](O)[C@H](O)[C@H](O)COC[C@@H](O)[C@@H](O)[C@H](O)[C@H](O)COC[C@@H](O)[C@@H](O)[C@H](O)[C@H](O)COC[C@@H](O)[C@@H](O)[C@H](O)[C@H](O)CO)COC[C@@H](O)[C@@H](O)[C@H](O)[C@H](O)COC[C@@H](O)[C@@H](O)[C@H](O)[C@H](O)COC[C@@H](O)[C@@H](O)[C@H](O)[C@H](O)COC[C@@H](O)[C@@H](O)[C@H](O)[C@H](O)CO. The van der Waals surface area contributed by atoms with Gasteiger partial charge in [0.05, 0.1) is 191 Å². The Labute approximate surface area is 834 Å². The molecule has 876 valence electrons. The molecular weight excluding hydrogens is 2010 g/mol. The summed E-state index contributed by atoms with van der Waals surface area (Å²) in [6, 6.07) is 0. The van der Waals surface area contributed by atoms with Crippen molar-refractivity contribution in [3.63, 3.8) is 0 Å². The normalized spacial score (nSPS) is 22.7. The molecule has 0 saturated carbocycles. The molecule has 51 N–H and O–H groups in total. The van der Waals surface area contributed by atoms with Gasteiger partial charge >= 0.3 is 6.09 Å². The van der Waals surface area contributed by atoms with Gasteiger partial charge in [-0.1, -0.05) is 0 Å². The minimum Gasteiger partial charge on any atom is -0.444 e. The summed E-state index contributed by atoms with van der Waals surface area (Å²) in [7, 11) is 0. The Morgan fingerprint density at radius 2 is 0.301 bits per heavy atom. The van der Waals surface area contributed by atoms with Gasteiger partial charge in [-0.3, -0.25) is 0 Å². The lowest BCUT2D eigenvalue weighted by molar-refractivity contribution is -0.162. The molecule has 65 nitrogen and oxygen atoms in total. The Bertz CT molecular complexity index is 3090. The number of hydrogen-bond acceptors (Lipinski definition) is 64. The van der Waals surface area contributed by atoms with Gasteiger partial charge in [0.15, 0.2) is 0 Å². The molecule has 0 heterocycles. The number of carbonyl (C=O) groups is 1. The van der Waals surface area contributed by atoms with Crippen LogP contribution in [0.2, 0.25) is 0 Å². The molecule has 0 aromatic rings. The maximum absolute atomic E-state index is 13.7. The van der Waals surface area contributed by atoms with E-state index in [2.05, 4.69) is 5.32 Å². The summed E-state index contributed by atoms with van der Waals surface area (Å²) in [5.41, 5.74) is -3.75. The predicted octanol–water partition coefficient (Wildman–Crippen LogP) is -30.2. The number of amides is 1. The van der Waals surface area contributed by atoms with Crippen LogP contribution in [0.3, 0.4) is 0 Å². The Kier molecular flexibility index (Phi) is 72.4. The second kappa shape index (κ2) is 74.1. The van der Waals surface area contributed by atoms with E-state index in [9.17, 15) is 245 Å². The van der Waals surface area contributed by atoms with E-state index in [1.807, 2.05) is 0 Å². The lowest BCUT2D eigenvalue weighted by Gasteiger charge is -2.36. The third-order valence-electron chi connectivity index (χ3n) is 22.0. The van der Waals surface area contributed by atoms with Crippen molar-refractivity contribution >= 4 is 6.09 Å². The molecule has 0 aliphatic carbocycles. The van der Waals surface area contributed by atoms with Crippen LogP contribution in [0.25, 0.3) is 0 Å². The molecule has 0 saturated heterocycles. The topological polar surface area (TPSA) is 1160 Å². The molecule has 0 fully saturated rings. The average molecular weight is 2180 g/mol. The highest BCUT2D eigenvalue weighted by molar-refractivity contribution is 5.69. The zero-order valence-electron chi connectivity index (χ0n) is 80.0. The van der Waals surface area contributed by atoms with Gasteiger partial charge in [0.2, 0.25) is 0 Å². The van der Waals surface area contributed by atoms with E-state index in [0.717, 1.165) is 0 Å². The number of carbonyl (C=O) groups excluding carboxylic acids is 1. The number of rotatable bonds is 88. The van der Waals surface area contributed by atoms with Gasteiger partial charge in [-0.15, -0.1) is 0 Å². The zero-order chi connectivity index (χ0) is 112. The fraction of sp³-hybridized carbons (Fsp3) is 0.988. The van der Waals surface area contributed by atoms with Gasteiger partial charge in [-0.05, 0) is 20.8 Å². The number of alkyl carbamates (subject to hydrolysis) is 1. The molecule has 1 amide bonds. The molecule has 0 aromatic heterocycles. The van der Waals surface area contributed by atoms with E-state index in [1.165, 1.54) is 20.8 Å². The molecule has 0 unspecified atom stereocenters. The molecule has 0 aromatic carbocycles. The van der Waals surface area contributed by atoms with E-state index in [0.29, 0.717) is 0 Å². The molecule has 0 rings (SSSR count). The zero-order valence-corrected chi connectivity index (χ0v) is 80.0. The van der Waals surface area contributed by atoms with Crippen molar-refractivity contribution in [3.05, 3.63) is 0 Å². The van der Waals surface area contributed by atoms with Gasteiger partial charge in [0, 0.05) is 6.42 Å². The average Bonchev–Trinajstić information content (AvgIpc) is 0.834. The molecular formula is C81H163NO64. The summed E-state index contributed by atoms with van der Waals surface area (Å²) in [5, 5.41) is 517. The van der Waals surface area contributed by atoms with Crippen molar-refractivity contribution in [2.75, 3.05) is 178 Å². The lowest BCUT2D eigenvalue weighted by Crippen LogP contribution is -2.60. The summed E-state index contributed by atoms with van der Waals surface area (Å²) in [6.07, 6.45) is -102. The predicted molar refractivity (Wildman–Crippen MR) is 470 cm³/mol. The Balaban J connectivity index is 6.45. The summed E-state index contributed by atoms with van der Waals surface area (Å²) < 4.78 is 67.5. The van der Waals surface area contributed by atoms with Gasteiger partial charge in [0.25, 0.3) is 0 Å². The number of aliphatic hydroxyl groups is 50. The van der Waals surface area contributed by atoms with Gasteiger partial charge in [-0.25, -0.2) is 4.79 Å². The first-order valence-electron chi connectivity index (χ1n) is 45.6. The quantitative estimate of drug-likeness (QED) is 0.0269. The second-order valence-corrected chi connectivity index (χ2v) is 36.1. The van der Waals surface area contributed by atoms with Crippen molar-refractivity contribution in [1.82, 2.24) is 5.32 Å². The summed E-state index contributed by atoms with van der Waals surface area (Å²) >= 11 is 0. The smallest absolute Gasteiger partial charge is 0.408 e. The van der Waals surface area contributed by atoms with Crippen molar-refractivity contribution in [2.45, 2.75) is 325 Å². The van der Waals surface area contributed by atoms with Crippen LogP contribution in [0.15, 0.2) is 0 Å². The van der Waals surface area contributed by atoms with Crippen LogP contribution in [0.1, 0.15) is 27.2 Å². The molecule has 65 heteroatoms. The number of ether oxygens (including phenoxy) is 13. The van der Waals surface area contributed by atoms with Crippen LogP contribution in [-0.4, -0.2) is 738 Å². The fourth-order valence-corrected chi connectivity index (χ4v) is 12.5. The maximum atomic E-state index is 13.7. The summed E-state index contributed by atoms with van der Waals surface area (Å²) in [4.78, 5) is 13.7. The minimum absolute atomic E-state index is 0.616. The monoisotopic (exact) mass is 2170 g/mol. The Morgan fingerprint density at radius 1 is 0.178 bits per heavy atom. The molecule has 0 bridgehead atoms. The first kappa shape index (κ1) is 143. The van der Waals surface area contributed by atoms with Crippen LogP contribution in [0.5, 0.6) is 0 Å². The largest absolute Gasteiger partial charge is 0.444 e. The van der Waals surface area contributed by atoms with Crippen LogP contribution < -0.4 is 5.32 Å². The third-order valence-corrected chi connectivity index (χ3v) is 22.0. The highest BCUT2D eigenvalue weighted by Gasteiger charge is 2.45. The molecule has 0 radical (unpaired) electrons. The number of aliphatic hydroxyl groups excluding tert-OH is 50. The molecule has 0 aliphatic heterocycles. The third kappa shape index (κ3) is 53.0. The van der Waals surface area contributed by atoms with Crippen molar-refractivity contribution in [3.8, 4) is 0 Å². The first-order valence-corrected chi connectivity index (χ1v) is 45.6. The van der Waals surface area contributed by atoms with Gasteiger partial charge in [-0.2, -0.15) is 0 Å². The maximum Gasteiger partial charge on any atom is 0.408 e. The standard InChI is InChI=1S/C81H163NO64/c1-80(2,3)146-79(133)82-81(29-143-26-54(108)76(130)73(127)51(105)23-140-16-42(96)64(118)63(117)38(92)10-134-8-32(86)4-33(87)37(91)9-135-11-39(93)60(114)57(111)34(88)5-83,30-144-27-55(109)77(131)74(128)52(106)24-141-21-49(103)71(125)69(123)47(101)19-138-17-45(99)67(121)65(119)43(97)14-136-12-40(94)61(115)58(112)35(89)6-84)31-145-28-56(110)78(132)75(129)53(107)25-142-22-50(104)72(126)70(124)48(102)20-139-18-46(100)68(122)66(120)44(98)15-137-13-41(95)62(116)59(113)36(90)7-85/h32-78,83-132H,4-31H2,1-3H3,(H,82,133)/t32-,33-,34+,35+,36+,37+,38+,39+,40+,41+,42+,43+,44+,45+,46+,47+,48+,49+,50+,51+,52+,53+,54+,55+,56+,57+,58+,59+,60+,61+,62+,63+,64+,65+,66+,67+,68+,69+,70+,71+,72+,73+,74+,75+,76+,77+,78+/m0/s1. The lowest BCUT2D eigenvalue weighted by atomic mass is 10.0. The minimum atomic E-state index is -2.46. The highest BCUT2D eigenvalue weighted by atomic mass is 16.6. The van der Waals surface area contributed by atoms with Crippen LogP contribution in [0.4, 0.5) is 4.79 Å². The van der Waals surface area contributed by atoms with Crippen LogP contribution in [0, 0.1) is 0 Å². The fourth-order valence-electron chi connectivity index (χ4n) is 12.5. The van der Waals surface area contributed by atoms with Gasteiger partial charge in [0.1, 0.15) is 286 Å². The van der Waals surface area contributed by atoms with E-state index in [1.54, 1.807) is 0 Å².